The van der Waals surface area contributed by atoms with Crippen LogP contribution in [0.5, 0.6) is 0 Å². The molecule has 1 saturated carbocycles. The first-order valence-corrected chi connectivity index (χ1v) is 8.58. The van der Waals surface area contributed by atoms with E-state index in [1.807, 2.05) is 12.1 Å². The van der Waals surface area contributed by atoms with Crippen molar-refractivity contribution in [2.75, 3.05) is 18.5 Å². The molecule has 5 nitrogen and oxygen atoms in total. The number of ether oxygens (including phenoxy) is 1. The predicted octanol–water partition coefficient (Wildman–Crippen LogP) is 1.72. The van der Waals surface area contributed by atoms with Gasteiger partial charge in [-0.25, -0.2) is 13.1 Å². The maximum absolute atomic E-state index is 12.0. The molecular formula is C14H20N2O3S. The minimum atomic E-state index is -3.35. The van der Waals surface area contributed by atoms with Crippen LogP contribution in [-0.2, 0) is 14.8 Å². The summed E-state index contributed by atoms with van der Waals surface area (Å²) in [4.78, 5) is 0.329. The zero-order valence-electron chi connectivity index (χ0n) is 11.3. The van der Waals surface area contributed by atoms with Crippen molar-refractivity contribution in [2.45, 2.75) is 42.7 Å². The van der Waals surface area contributed by atoms with Crippen molar-refractivity contribution in [3.05, 3.63) is 24.3 Å². The second-order valence-electron chi connectivity index (χ2n) is 5.48. The fourth-order valence-electron chi connectivity index (χ4n) is 2.31. The fraction of sp³-hybridized carbons (Fsp3) is 0.571. The number of rotatable bonds is 5. The highest BCUT2D eigenvalue weighted by Crippen LogP contribution is 2.23. The molecule has 6 heteroatoms. The van der Waals surface area contributed by atoms with Gasteiger partial charge < -0.3 is 10.1 Å². The Balaban J connectivity index is 1.64. The summed E-state index contributed by atoms with van der Waals surface area (Å²) < 4.78 is 32.2. The number of nitrogens with one attached hydrogen (secondary N) is 2. The van der Waals surface area contributed by atoms with E-state index in [9.17, 15) is 8.42 Å². The third kappa shape index (κ3) is 3.50. The molecule has 0 radical (unpaired) electrons. The number of hydrogen-bond acceptors (Lipinski definition) is 4. The maximum atomic E-state index is 12.0. The van der Waals surface area contributed by atoms with Crippen LogP contribution in [0.2, 0.25) is 0 Å². The van der Waals surface area contributed by atoms with E-state index in [1.54, 1.807) is 12.1 Å². The number of hydrogen-bond donors (Lipinski definition) is 2. The summed E-state index contributed by atoms with van der Waals surface area (Å²) in [7, 11) is -3.35. The Hall–Kier alpha value is -1.11. The second kappa shape index (κ2) is 5.71. The van der Waals surface area contributed by atoms with Gasteiger partial charge in [-0.1, -0.05) is 0 Å². The van der Waals surface area contributed by atoms with E-state index in [2.05, 4.69) is 10.0 Å². The van der Waals surface area contributed by atoms with Gasteiger partial charge in [-0.2, -0.15) is 0 Å². The molecule has 110 valence electrons. The van der Waals surface area contributed by atoms with E-state index in [-0.39, 0.29) is 6.04 Å². The van der Waals surface area contributed by atoms with Gasteiger partial charge in [-0.15, -0.1) is 0 Å². The van der Waals surface area contributed by atoms with Gasteiger partial charge in [-0.3, -0.25) is 0 Å². The van der Waals surface area contributed by atoms with Crippen LogP contribution in [0.15, 0.2) is 29.2 Å². The molecule has 1 heterocycles. The third-order valence-electron chi connectivity index (χ3n) is 3.59. The lowest BCUT2D eigenvalue weighted by Gasteiger charge is -2.24. The predicted molar refractivity (Wildman–Crippen MR) is 77.2 cm³/mol. The lowest BCUT2D eigenvalue weighted by atomic mass is 10.1. The Morgan fingerprint density at radius 2 is 1.80 bits per heavy atom. The molecule has 0 amide bonds. The lowest BCUT2D eigenvalue weighted by Crippen LogP contribution is -2.30. The molecule has 1 unspecified atom stereocenters. The summed E-state index contributed by atoms with van der Waals surface area (Å²) >= 11 is 0. The van der Waals surface area contributed by atoms with Crippen molar-refractivity contribution >= 4 is 15.7 Å². The zero-order chi connectivity index (χ0) is 14.0. The quantitative estimate of drug-likeness (QED) is 0.868. The number of anilines is 1. The zero-order valence-corrected chi connectivity index (χ0v) is 12.2. The fourth-order valence-corrected chi connectivity index (χ4v) is 3.61. The van der Waals surface area contributed by atoms with Crippen molar-refractivity contribution in [2.24, 2.45) is 0 Å². The van der Waals surface area contributed by atoms with Crippen LogP contribution in [0, 0.1) is 0 Å². The molecule has 2 fully saturated rings. The first-order chi connectivity index (χ1) is 9.63. The molecule has 1 aromatic carbocycles. The Morgan fingerprint density at radius 3 is 2.40 bits per heavy atom. The van der Waals surface area contributed by atoms with E-state index in [1.165, 1.54) is 0 Å². The highest BCUT2D eigenvalue weighted by atomic mass is 32.2. The molecule has 3 rings (SSSR count). The first kappa shape index (κ1) is 13.9. The van der Waals surface area contributed by atoms with Crippen molar-refractivity contribution < 1.29 is 13.2 Å². The van der Waals surface area contributed by atoms with E-state index >= 15 is 0 Å². The Labute approximate surface area is 119 Å². The molecule has 1 aliphatic heterocycles. The molecule has 0 spiro atoms. The van der Waals surface area contributed by atoms with Gasteiger partial charge in [0.1, 0.15) is 0 Å². The first-order valence-electron chi connectivity index (χ1n) is 7.10. The Bertz CT molecular complexity index is 546. The van der Waals surface area contributed by atoms with Crippen LogP contribution in [0.1, 0.15) is 25.7 Å². The summed E-state index contributed by atoms with van der Waals surface area (Å²) in [6.07, 6.45) is 4.04. The van der Waals surface area contributed by atoms with Crippen LogP contribution in [0.3, 0.4) is 0 Å². The van der Waals surface area contributed by atoms with Crippen LogP contribution in [0.4, 0.5) is 5.69 Å². The molecule has 1 saturated heterocycles. The van der Waals surface area contributed by atoms with Crippen LogP contribution < -0.4 is 10.0 Å². The average molecular weight is 296 g/mol. The summed E-state index contributed by atoms with van der Waals surface area (Å²) in [5, 5.41) is 3.37. The average Bonchev–Trinajstić information content (AvgIpc) is 3.24. The minimum Gasteiger partial charge on any atom is -0.380 e. The van der Waals surface area contributed by atoms with Crippen LogP contribution >= 0.6 is 0 Å². The van der Waals surface area contributed by atoms with Crippen molar-refractivity contribution in [1.82, 2.24) is 4.72 Å². The van der Waals surface area contributed by atoms with E-state index in [4.69, 9.17) is 4.74 Å². The SMILES string of the molecule is O=S(=O)(NC1CC1)c1ccc(NC2CCCOC2)cc1. The summed E-state index contributed by atoms with van der Waals surface area (Å²) in [5.41, 5.74) is 0.936. The smallest absolute Gasteiger partial charge is 0.240 e. The molecule has 2 aliphatic rings. The molecule has 20 heavy (non-hydrogen) atoms. The standard InChI is InChI=1S/C14H20N2O3S/c17-20(18,16-12-3-4-12)14-7-5-11(6-8-14)15-13-2-1-9-19-10-13/h5-8,12-13,15-16H,1-4,9-10H2. The highest BCUT2D eigenvalue weighted by molar-refractivity contribution is 7.89. The maximum Gasteiger partial charge on any atom is 0.240 e. The van der Waals surface area contributed by atoms with Gasteiger partial charge in [0.25, 0.3) is 0 Å². The van der Waals surface area contributed by atoms with E-state index in [0.717, 1.165) is 38.0 Å². The monoisotopic (exact) mass is 296 g/mol. The summed E-state index contributed by atoms with van der Waals surface area (Å²) in [6, 6.07) is 7.38. The second-order valence-corrected chi connectivity index (χ2v) is 7.19. The molecular weight excluding hydrogens is 276 g/mol. The molecule has 0 bridgehead atoms. The van der Waals surface area contributed by atoms with Gasteiger partial charge in [0, 0.05) is 24.4 Å². The normalized spacial score (nSPS) is 23.5. The largest absolute Gasteiger partial charge is 0.380 e. The molecule has 1 aliphatic carbocycles. The Morgan fingerprint density at radius 1 is 1.05 bits per heavy atom. The van der Waals surface area contributed by atoms with Crippen molar-refractivity contribution in [3.8, 4) is 0 Å². The van der Waals surface area contributed by atoms with Crippen LogP contribution in [0.25, 0.3) is 0 Å². The lowest BCUT2D eigenvalue weighted by molar-refractivity contribution is 0.0876. The number of sulfonamides is 1. The summed E-state index contributed by atoms with van der Waals surface area (Å²) in [5.74, 6) is 0. The Kier molecular flexibility index (Phi) is 3.96. The molecule has 2 N–H and O–H groups in total. The highest BCUT2D eigenvalue weighted by Gasteiger charge is 2.27. The van der Waals surface area contributed by atoms with E-state index in [0.29, 0.717) is 17.5 Å². The van der Waals surface area contributed by atoms with Crippen molar-refractivity contribution in [3.63, 3.8) is 0 Å². The topological polar surface area (TPSA) is 67.4 Å². The van der Waals surface area contributed by atoms with Crippen molar-refractivity contribution in [1.29, 1.82) is 0 Å². The van der Waals surface area contributed by atoms with Gasteiger partial charge in [0.05, 0.1) is 11.5 Å². The van der Waals surface area contributed by atoms with Crippen LogP contribution in [-0.4, -0.2) is 33.7 Å². The third-order valence-corrected chi connectivity index (χ3v) is 5.13. The van der Waals surface area contributed by atoms with Gasteiger partial charge in [-0.05, 0) is 49.9 Å². The van der Waals surface area contributed by atoms with Gasteiger partial charge >= 0.3 is 0 Å². The van der Waals surface area contributed by atoms with E-state index < -0.39 is 10.0 Å². The number of benzene rings is 1. The molecule has 0 aromatic heterocycles. The van der Waals surface area contributed by atoms with Gasteiger partial charge in [0.15, 0.2) is 0 Å². The minimum absolute atomic E-state index is 0.136. The molecule has 1 atom stereocenters. The van der Waals surface area contributed by atoms with Gasteiger partial charge in [0.2, 0.25) is 10.0 Å². The summed E-state index contributed by atoms with van der Waals surface area (Å²) in [6.45, 7) is 1.55. The molecule has 1 aromatic rings.